The van der Waals surface area contributed by atoms with Crippen LogP contribution in [-0.4, -0.2) is 59.4 Å². The third-order valence-electron chi connectivity index (χ3n) is 8.90. The van der Waals surface area contributed by atoms with E-state index in [1.54, 1.807) is 6.07 Å². The zero-order valence-electron chi connectivity index (χ0n) is 24.6. The van der Waals surface area contributed by atoms with Crippen molar-refractivity contribution in [2.75, 3.05) is 38.6 Å². The summed E-state index contributed by atoms with van der Waals surface area (Å²) in [5.74, 6) is 1.18. The number of likely N-dealkylation sites (N-methyl/N-ethyl adjacent to an activating group) is 1. The van der Waals surface area contributed by atoms with Gasteiger partial charge in [0, 0.05) is 54.4 Å². The van der Waals surface area contributed by atoms with Crippen molar-refractivity contribution in [1.29, 1.82) is 0 Å². The summed E-state index contributed by atoms with van der Waals surface area (Å²) >= 11 is 0. The zero-order valence-corrected chi connectivity index (χ0v) is 24.6. The minimum Gasteiger partial charge on any atom is -0.489 e. The fourth-order valence-corrected chi connectivity index (χ4v) is 6.66. The molecule has 0 amide bonds. The van der Waals surface area contributed by atoms with E-state index in [4.69, 9.17) is 9.26 Å². The number of carboxylic acid groups (broad SMARTS) is 1. The fourth-order valence-electron chi connectivity index (χ4n) is 6.66. The van der Waals surface area contributed by atoms with Crippen molar-refractivity contribution in [3.8, 4) is 17.0 Å². The molecule has 1 saturated carbocycles. The van der Waals surface area contributed by atoms with Crippen molar-refractivity contribution >= 4 is 22.6 Å². The average Bonchev–Trinajstić information content (AvgIpc) is 3.41. The molecule has 6 rings (SSSR count). The Balaban J connectivity index is 1.50. The summed E-state index contributed by atoms with van der Waals surface area (Å²) in [5, 5.41) is 15.1. The molecule has 0 bridgehead atoms. The lowest BCUT2D eigenvalue weighted by atomic mass is 9.81. The Morgan fingerprint density at radius 2 is 1.90 bits per heavy atom. The van der Waals surface area contributed by atoms with Gasteiger partial charge in [-0.3, -0.25) is 0 Å². The van der Waals surface area contributed by atoms with Gasteiger partial charge < -0.3 is 28.7 Å². The van der Waals surface area contributed by atoms with E-state index in [0.29, 0.717) is 18.1 Å². The molecular weight excluding hydrogens is 516 g/mol. The van der Waals surface area contributed by atoms with Crippen LogP contribution in [0.5, 0.6) is 5.75 Å². The van der Waals surface area contributed by atoms with Crippen LogP contribution >= 0.6 is 0 Å². The first-order valence-electron chi connectivity index (χ1n) is 14.8. The van der Waals surface area contributed by atoms with Gasteiger partial charge in [0.15, 0.2) is 0 Å². The Morgan fingerprint density at radius 1 is 1.10 bits per heavy atom. The van der Waals surface area contributed by atoms with Gasteiger partial charge in [-0.05, 0) is 76.5 Å². The van der Waals surface area contributed by atoms with Crippen LogP contribution in [0.1, 0.15) is 71.0 Å². The third kappa shape index (κ3) is 5.21. The first kappa shape index (κ1) is 27.4. The second kappa shape index (κ2) is 11.2. The number of hydrogen-bond acceptors (Lipinski definition) is 6. The number of carbonyl (C=O) groups is 1. The van der Waals surface area contributed by atoms with E-state index in [1.165, 1.54) is 60.0 Å². The number of aromatic carboxylic acids is 1. The minimum atomic E-state index is -0.886. The van der Waals surface area contributed by atoms with Gasteiger partial charge in [-0.2, -0.15) is 0 Å². The molecule has 1 N–H and O–H groups in total. The van der Waals surface area contributed by atoms with Gasteiger partial charge in [-0.1, -0.05) is 30.5 Å². The summed E-state index contributed by atoms with van der Waals surface area (Å²) in [4.78, 5) is 16.6. The van der Waals surface area contributed by atoms with E-state index in [9.17, 15) is 9.90 Å². The molecular formula is C33H40N4O4. The van der Waals surface area contributed by atoms with Crippen LogP contribution < -0.4 is 9.64 Å². The number of aryl methyl sites for hydroxylation is 2. The summed E-state index contributed by atoms with van der Waals surface area (Å²) in [6, 6.07) is 12.2. The number of nitrogens with zero attached hydrogens (tertiary/aromatic N) is 4. The number of carboxylic acids is 1. The lowest BCUT2D eigenvalue weighted by molar-refractivity contribution is 0.0697. The molecule has 8 heteroatoms. The monoisotopic (exact) mass is 556 g/mol. The number of ether oxygens (including phenoxy) is 1. The van der Waals surface area contributed by atoms with Gasteiger partial charge in [-0.25, -0.2) is 4.79 Å². The molecule has 1 aliphatic carbocycles. The highest BCUT2D eigenvalue weighted by molar-refractivity contribution is 5.99. The average molecular weight is 557 g/mol. The first-order valence-corrected chi connectivity index (χ1v) is 14.8. The second-order valence-electron chi connectivity index (χ2n) is 11.8. The Kier molecular flexibility index (Phi) is 7.51. The quantitative estimate of drug-likeness (QED) is 0.261. The van der Waals surface area contributed by atoms with Crippen LogP contribution in [-0.2, 0) is 13.2 Å². The van der Waals surface area contributed by atoms with Crippen LogP contribution in [0.25, 0.3) is 22.2 Å². The lowest BCUT2D eigenvalue weighted by Gasteiger charge is -2.27. The molecule has 2 aromatic heterocycles. The van der Waals surface area contributed by atoms with Gasteiger partial charge in [0.1, 0.15) is 18.1 Å². The summed E-state index contributed by atoms with van der Waals surface area (Å²) in [6.07, 6.45) is 6.10. The van der Waals surface area contributed by atoms with Crippen molar-refractivity contribution in [1.82, 2.24) is 14.6 Å². The molecule has 3 heterocycles. The fraction of sp³-hybridized carbons (Fsp3) is 0.455. The lowest BCUT2D eigenvalue weighted by Crippen LogP contribution is -2.33. The van der Waals surface area contributed by atoms with E-state index in [1.807, 2.05) is 19.9 Å². The van der Waals surface area contributed by atoms with Crippen molar-refractivity contribution in [2.24, 2.45) is 0 Å². The van der Waals surface area contributed by atoms with Gasteiger partial charge in [-0.15, -0.1) is 0 Å². The Labute approximate surface area is 241 Å². The van der Waals surface area contributed by atoms with Gasteiger partial charge in [0.25, 0.3) is 0 Å². The highest BCUT2D eigenvalue weighted by atomic mass is 16.5. The molecule has 4 aromatic rings. The maximum Gasteiger partial charge on any atom is 0.335 e. The summed E-state index contributed by atoms with van der Waals surface area (Å²) in [5.41, 5.74) is 8.20. The van der Waals surface area contributed by atoms with Crippen LogP contribution in [0.3, 0.4) is 0 Å². The molecule has 0 atom stereocenters. The standard InChI is InChI=1S/C33H40N4O4/c1-21-28(22(2)41-34-21)20-40-25-11-13-27-29(19-25)36(15-14-35(3)4)16-17-37-30-18-24(33(38)39)10-12-26(30)31(32(27)37)23-8-6-5-7-9-23/h10-13,18-19,23H,5-9,14-17,20H2,1-4H3,(H,38,39). The summed E-state index contributed by atoms with van der Waals surface area (Å²) in [7, 11) is 4.21. The van der Waals surface area contributed by atoms with Crippen molar-refractivity contribution in [3.63, 3.8) is 0 Å². The largest absolute Gasteiger partial charge is 0.489 e. The second-order valence-corrected chi connectivity index (χ2v) is 11.8. The maximum atomic E-state index is 12.0. The number of rotatable bonds is 8. The Bertz CT molecular complexity index is 1560. The number of hydrogen-bond donors (Lipinski definition) is 1. The molecule has 216 valence electrons. The number of fused-ring (bicyclic) bond motifs is 5. The zero-order chi connectivity index (χ0) is 28.7. The molecule has 1 fully saturated rings. The van der Waals surface area contributed by atoms with Gasteiger partial charge >= 0.3 is 5.97 Å². The van der Waals surface area contributed by atoms with E-state index in [0.717, 1.165) is 54.5 Å². The number of benzene rings is 2. The van der Waals surface area contributed by atoms with E-state index in [2.05, 4.69) is 57.9 Å². The van der Waals surface area contributed by atoms with Crippen LogP contribution in [0, 0.1) is 13.8 Å². The molecule has 0 radical (unpaired) electrons. The Morgan fingerprint density at radius 3 is 2.61 bits per heavy atom. The van der Waals surface area contributed by atoms with Gasteiger partial charge in [0.2, 0.25) is 0 Å². The molecule has 0 saturated heterocycles. The van der Waals surface area contributed by atoms with Crippen molar-refractivity contribution in [3.05, 3.63) is 64.5 Å². The highest BCUT2D eigenvalue weighted by Crippen LogP contribution is 2.48. The van der Waals surface area contributed by atoms with Crippen molar-refractivity contribution < 1.29 is 19.2 Å². The molecule has 8 nitrogen and oxygen atoms in total. The number of aromatic nitrogens is 2. The predicted octanol–water partition coefficient (Wildman–Crippen LogP) is 6.62. The van der Waals surface area contributed by atoms with E-state index < -0.39 is 5.97 Å². The SMILES string of the molecule is Cc1noc(C)c1COc1ccc2c(c1)N(CCN(C)C)CCn1c-2c(C2CCCCC2)c2ccc(C(=O)O)cc21. The van der Waals surface area contributed by atoms with Crippen LogP contribution in [0.15, 0.2) is 40.9 Å². The first-order chi connectivity index (χ1) is 19.8. The molecule has 2 aliphatic rings. The number of anilines is 1. The predicted molar refractivity (Wildman–Crippen MR) is 161 cm³/mol. The molecule has 41 heavy (non-hydrogen) atoms. The van der Waals surface area contributed by atoms with E-state index >= 15 is 0 Å². The maximum absolute atomic E-state index is 12.0. The van der Waals surface area contributed by atoms with Crippen LogP contribution in [0.2, 0.25) is 0 Å². The third-order valence-corrected chi connectivity index (χ3v) is 8.90. The molecule has 1 aliphatic heterocycles. The molecule has 0 unspecified atom stereocenters. The van der Waals surface area contributed by atoms with Crippen LogP contribution in [0.4, 0.5) is 5.69 Å². The molecule has 2 aromatic carbocycles. The molecule has 0 spiro atoms. The van der Waals surface area contributed by atoms with Crippen molar-refractivity contribution in [2.45, 2.75) is 65.0 Å². The summed E-state index contributed by atoms with van der Waals surface area (Å²) in [6.45, 7) is 7.69. The smallest absolute Gasteiger partial charge is 0.335 e. The Hall–Kier alpha value is -3.78. The minimum absolute atomic E-state index is 0.338. The topological polar surface area (TPSA) is 84.0 Å². The highest BCUT2D eigenvalue weighted by Gasteiger charge is 2.31. The summed E-state index contributed by atoms with van der Waals surface area (Å²) < 4.78 is 14.1. The van der Waals surface area contributed by atoms with Gasteiger partial charge in [0.05, 0.1) is 22.5 Å². The van der Waals surface area contributed by atoms with E-state index in [-0.39, 0.29) is 0 Å². The normalized spacial score (nSPS) is 15.7.